The number of imide groups is 1. The Labute approximate surface area is 169 Å². The van der Waals surface area contributed by atoms with Crippen LogP contribution in [0.3, 0.4) is 0 Å². The van der Waals surface area contributed by atoms with E-state index in [1.165, 1.54) is 4.90 Å². The van der Waals surface area contributed by atoms with Gasteiger partial charge in [-0.2, -0.15) is 0 Å². The van der Waals surface area contributed by atoms with E-state index in [1.807, 2.05) is 20.8 Å². The van der Waals surface area contributed by atoms with E-state index in [2.05, 4.69) is 0 Å². The number of cyclic esters (lactones) is 1. The Kier molecular flexibility index (Phi) is 5.84. The topological polar surface area (TPSA) is 76.2 Å². The van der Waals surface area contributed by atoms with E-state index in [9.17, 15) is 14.4 Å². The lowest BCUT2D eigenvalue weighted by molar-refractivity contribution is -0.130. The molecule has 2 saturated heterocycles. The first-order valence-electron chi connectivity index (χ1n) is 9.36. The molecule has 2 heterocycles. The van der Waals surface area contributed by atoms with E-state index >= 15 is 0 Å². The maximum absolute atomic E-state index is 12.8. The smallest absolute Gasteiger partial charge is 0.417 e. The minimum atomic E-state index is -0.632. The molecule has 0 aromatic heterocycles. The van der Waals surface area contributed by atoms with Gasteiger partial charge in [-0.25, -0.2) is 14.5 Å². The molecule has 3 amide bonds. The van der Waals surface area contributed by atoms with Gasteiger partial charge in [-0.15, -0.1) is 0 Å². The highest BCUT2D eigenvalue weighted by Gasteiger charge is 2.40. The molecule has 1 aromatic carbocycles. The zero-order chi connectivity index (χ0) is 20.5. The van der Waals surface area contributed by atoms with E-state index in [-0.39, 0.29) is 30.9 Å². The number of benzene rings is 1. The van der Waals surface area contributed by atoms with E-state index < -0.39 is 17.7 Å². The number of nitrogens with zero attached hydrogens (tertiary/aromatic N) is 2. The van der Waals surface area contributed by atoms with Gasteiger partial charge in [-0.3, -0.25) is 4.79 Å². The monoisotopic (exact) mass is 408 g/mol. The fourth-order valence-electron chi connectivity index (χ4n) is 3.46. The van der Waals surface area contributed by atoms with Crippen LogP contribution in [0.25, 0.3) is 0 Å². The first kappa shape index (κ1) is 20.5. The van der Waals surface area contributed by atoms with Crippen LogP contribution in [0.15, 0.2) is 24.3 Å². The summed E-state index contributed by atoms with van der Waals surface area (Å²) in [6.45, 7) is 6.56. The van der Waals surface area contributed by atoms with Crippen molar-refractivity contribution in [2.45, 2.75) is 45.3 Å². The van der Waals surface area contributed by atoms with Crippen molar-refractivity contribution in [3.8, 4) is 0 Å². The summed E-state index contributed by atoms with van der Waals surface area (Å²) in [5, 5.41) is 0.583. The number of hydrogen-bond donors (Lipinski definition) is 0. The number of rotatable bonds is 3. The molecule has 2 fully saturated rings. The predicted octanol–water partition coefficient (Wildman–Crippen LogP) is 4.01. The summed E-state index contributed by atoms with van der Waals surface area (Å²) in [7, 11) is 0. The first-order chi connectivity index (χ1) is 13.1. The van der Waals surface area contributed by atoms with Crippen molar-refractivity contribution >= 4 is 29.7 Å². The number of amides is 3. The minimum absolute atomic E-state index is 0.0145. The summed E-state index contributed by atoms with van der Waals surface area (Å²) in [5.74, 6) is -0.308. The Hall–Kier alpha value is -2.28. The highest BCUT2D eigenvalue weighted by Crippen LogP contribution is 2.31. The zero-order valence-corrected chi connectivity index (χ0v) is 17.1. The van der Waals surface area contributed by atoms with Crippen molar-refractivity contribution in [2.24, 2.45) is 5.92 Å². The molecule has 0 unspecified atom stereocenters. The second-order valence-electron chi connectivity index (χ2n) is 8.19. The van der Waals surface area contributed by atoms with Crippen LogP contribution in [-0.2, 0) is 14.3 Å². The number of likely N-dealkylation sites (tertiary alicyclic amines) is 1. The molecule has 0 N–H and O–H groups in total. The van der Waals surface area contributed by atoms with Gasteiger partial charge in [0.2, 0.25) is 5.91 Å². The molecule has 0 spiro atoms. The Bertz CT molecular complexity index is 759. The number of hydrogen-bond acceptors (Lipinski definition) is 5. The molecule has 0 radical (unpaired) electrons. The molecule has 3 rings (SSSR count). The summed E-state index contributed by atoms with van der Waals surface area (Å²) < 4.78 is 10.5. The van der Waals surface area contributed by atoms with Gasteiger partial charge in [-0.1, -0.05) is 23.7 Å². The lowest BCUT2D eigenvalue weighted by Crippen LogP contribution is -2.37. The van der Waals surface area contributed by atoms with Gasteiger partial charge < -0.3 is 14.4 Å². The Morgan fingerprint density at radius 1 is 1.25 bits per heavy atom. The average molecular weight is 409 g/mol. The Morgan fingerprint density at radius 3 is 2.57 bits per heavy atom. The van der Waals surface area contributed by atoms with Crippen molar-refractivity contribution in [3.63, 3.8) is 0 Å². The Morgan fingerprint density at radius 2 is 1.93 bits per heavy atom. The Balaban J connectivity index is 1.61. The third-order valence-corrected chi connectivity index (χ3v) is 5.05. The number of halogens is 1. The highest BCUT2D eigenvalue weighted by atomic mass is 35.5. The molecule has 28 heavy (non-hydrogen) atoms. The lowest BCUT2D eigenvalue weighted by atomic mass is 10.0. The molecule has 0 bridgehead atoms. The van der Waals surface area contributed by atoms with Crippen LogP contribution in [0.5, 0.6) is 0 Å². The summed E-state index contributed by atoms with van der Waals surface area (Å²) in [6.07, 6.45) is -0.133. The predicted molar refractivity (Wildman–Crippen MR) is 103 cm³/mol. The molecular formula is C20H25ClN2O5. The van der Waals surface area contributed by atoms with Crippen LogP contribution in [0.2, 0.25) is 5.02 Å². The van der Waals surface area contributed by atoms with Crippen molar-refractivity contribution in [2.75, 3.05) is 19.7 Å². The second-order valence-corrected chi connectivity index (χ2v) is 8.63. The SMILES string of the molecule is CC(C)(C)OC(=O)N1CC[C@H](CC(=O)N2C(=O)OC[C@H]2c2ccc(Cl)cc2)C1. The summed E-state index contributed by atoms with van der Waals surface area (Å²) in [4.78, 5) is 40.0. The standard InChI is InChI=1S/C20H25ClN2O5/c1-20(2,3)28-18(25)22-9-8-13(11-22)10-17(24)23-16(12-27-19(23)26)14-4-6-15(21)7-5-14/h4-7,13,16H,8-12H2,1-3H3/t13-,16+/m1/s1. The van der Waals surface area contributed by atoms with Crippen molar-refractivity contribution < 1.29 is 23.9 Å². The fourth-order valence-corrected chi connectivity index (χ4v) is 3.59. The highest BCUT2D eigenvalue weighted by molar-refractivity contribution is 6.30. The van der Waals surface area contributed by atoms with E-state index in [0.29, 0.717) is 24.5 Å². The molecule has 0 saturated carbocycles. The van der Waals surface area contributed by atoms with Gasteiger partial charge in [-0.05, 0) is 50.8 Å². The van der Waals surface area contributed by atoms with E-state index in [1.54, 1.807) is 29.2 Å². The molecule has 2 aliphatic heterocycles. The number of carbonyl (C=O) groups excluding carboxylic acids is 3. The van der Waals surface area contributed by atoms with E-state index in [0.717, 1.165) is 5.56 Å². The van der Waals surface area contributed by atoms with Gasteiger partial charge in [0.1, 0.15) is 18.2 Å². The number of ether oxygens (including phenoxy) is 2. The van der Waals surface area contributed by atoms with Crippen molar-refractivity contribution in [1.82, 2.24) is 9.80 Å². The van der Waals surface area contributed by atoms with Gasteiger partial charge in [0, 0.05) is 24.5 Å². The van der Waals surface area contributed by atoms with Crippen LogP contribution in [0, 0.1) is 5.92 Å². The molecule has 2 aliphatic rings. The van der Waals surface area contributed by atoms with Gasteiger partial charge >= 0.3 is 12.2 Å². The first-order valence-corrected chi connectivity index (χ1v) is 9.74. The van der Waals surface area contributed by atoms with Crippen molar-refractivity contribution in [1.29, 1.82) is 0 Å². The molecule has 2 atom stereocenters. The van der Waals surface area contributed by atoms with Gasteiger partial charge in [0.15, 0.2) is 0 Å². The quantitative estimate of drug-likeness (QED) is 0.755. The molecular weight excluding hydrogens is 384 g/mol. The largest absolute Gasteiger partial charge is 0.446 e. The molecule has 152 valence electrons. The van der Waals surface area contributed by atoms with Crippen LogP contribution < -0.4 is 0 Å². The summed E-state index contributed by atoms with van der Waals surface area (Å²) in [5.41, 5.74) is 0.237. The third kappa shape index (κ3) is 4.76. The van der Waals surface area contributed by atoms with E-state index in [4.69, 9.17) is 21.1 Å². The second kappa shape index (κ2) is 7.99. The average Bonchev–Trinajstić information content (AvgIpc) is 3.21. The van der Waals surface area contributed by atoms with Gasteiger partial charge in [0.25, 0.3) is 0 Å². The minimum Gasteiger partial charge on any atom is -0.446 e. The molecule has 7 nitrogen and oxygen atoms in total. The third-order valence-electron chi connectivity index (χ3n) is 4.80. The molecule has 8 heteroatoms. The fraction of sp³-hybridized carbons (Fsp3) is 0.550. The van der Waals surface area contributed by atoms with Gasteiger partial charge in [0.05, 0.1) is 0 Å². The lowest BCUT2D eigenvalue weighted by Gasteiger charge is -2.24. The maximum Gasteiger partial charge on any atom is 0.417 e. The molecule has 0 aliphatic carbocycles. The van der Waals surface area contributed by atoms with Crippen molar-refractivity contribution in [3.05, 3.63) is 34.9 Å². The maximum atomic E-state index is 12.8. The van der Waals surface area contributed by atoms with Crippen LogP contribution in [0.4, 0.5) is 9.59 Å². The summed E-state index contributed by atoms with van der Waals surface area (Å²) >= 11 is 5.92. The zero-order valence-electron chi connectivity index (χ0n) is 16.3. The summed E-state index contributed by atoms with van der Waals surface area (Å²) in [6, 6.07) is 6.56. The van der Waals surface area contributed by atoms with Crippen LogP contribution >= 0.6 is 11.6 Å². The van der Waals surface area contributed by atoms with Crippen LogP contribution in [0.1, 0.15) is 45.2 Å². The number of carbonyl (C=O) groups is 3. The normalized spacial score (nSPS) is 22.4. The molecule has 1 aromatic rings. The van der Waals surface area contributed by atoms with Crippen LogP contribution in [-0.4, -0.2) is 53.2 Å².